The van der Waals surface area contributed by atoms with Crippen LogP contribution in [0, 0.1) is 0 Å². The second-order valence-electron chi connectivity index (χ2n) is 7.27. The Morgan fingerprint density at radius 3 is 2.32 bits per heavy atom. The van der Waals surface area contributed by atoms with E-state index in [1.165, 1.54) is 37.4 Å². The van der Waals surface area contributed by atoms with Gasteiger partial charge in [0.05, 0.1) is 16.2 Å². The van der Waals surface area contributed by atoms with Crippen molar-refractivity contribution in [2.75, 3.05) is 18.0 Å². The first kappa shape index (κ1) is 21.1. The minimum Gasteiger partial charge on any atom is -0.308 e. The number of thiocarbonyl (C=S) groups is 1. The number of hydrogen-bond donors (Lipinski definition) is 0. The molecule has 2 amide bonds. The molecule has 1 aromatic rings. The zero-order valence-corrected chi connectivity index (χ0v) is 18.3. The Morgan fingerprint density at radius 2 is 1.57 bits per heavy atom. The van der Waals surface area contributed by atoms with Crippen LogP contribution < -0.4 is 4.90 Å². The summed E-state index contributed by atoms with van der Waals surface area (Å²) in [6.45, 7) is 5.55. The molecule has 2 heterocycles. The Bertz CT molecular complexity index is 803. The molecule has 6 heteroatoms. The van der Waals surface area contributed by atoms with Crippen molar-refractivity contribution in [1.29, 1.82) is 0 Å². The van der Waals surface area contributed by atoms with Crippen molar-refractivity contribution in [1.82, 2.24) is 4.90 Å². The minimum atomic E-state index is -0.111. The third-order valence-corrected chi connectivity index (χ3v) is 6.63. The lowest BCUT2D eigenvalue weighted by Gasteiger charge is -2.15. The van der Waals surface area contributed by atoms with E-state index >= 15 is 0 Å². The van der Waals surface area contributed by atoms with Crippen molar-refractivity contribution in [3.63, 3.8) is 0 Å². The normalized spacial score (nSPS) is 19.1. The van der Waals surface area contributed by atoms with E-state index in [0.29, 0.717) is 27.9 Å². The van der Waals surface area contributed by atoms with Crippen molar-refractivity contribution in [2.24, 2.45) is 0 Å². The summed E-state index contributed by atoms with van der Waals surface area (Å²) in [7, 11) is 0. The van der Waals surface area contributed by atoms with Crippen molar-refractivity contribution < 1.29 is 9.59 Å². The van der Waals surface area contributed by atoms with Crippen LogP contribution in [-0.4, -0.2) is 34.1 Å². The molecule has 0 atom stereocenters. The summed E-state index contributed by atoms with van der Waals surface area (Å²) in [6, 6.07) is 7.73. The van der Waals surface area contributed by atoms with E-state index in [4.69, 9.17) is 12.2 Å². The SMILES string of the molecule is CCCCCCCCN1C(=O)C(=C2C(=O)N(CCC)c3ccccc32)SC1=S. The average molecular weight is 417 g/mol. The number of rotatable bonds is 9. The van der Waals surface area contributed by atoms with Gasteiger partial charge in [-0.15, -0.1) is 0 Å². The van der Waals surface area contributed by atoms with Crippen LogP contribution in [0.3, 0.4) is 0 Å². The average Bonchev–Trinajstić information content (AvgIpc) is 3.12. The van der Waals surface area contributed by atoms with Gasteiger partial charge in [0.2, 0.25) is 0 Å². The number of fused-ring (bicyclic) bond motifs is 1. The van der Waals surface area contributed by atoms with Gasteiger partial charge in [0.1, 0.15) is 4.32 Å². The lowest BCUT2D eigenvalue weighted by Crippen LogP contribution is -2.30. The summed E-state index contributed by atoms with van der Waals surface area (Å²) in [5, 5.41) is 0. The molecule has 0 aromatic heterocycles. The first-order valence-electron chi connectivity index (χ1n) is 10.3. The highest BCUT2D eigenvalue weighted by atomic mass is 32.2. The second kappa shape index (κ2) is 9.70. The standard InChI is InChI=1S/C22H28N2O2S2/c1-3-5-6-7-8-11-15-24-21(26)19(28-22(24)27)18-16-12-9-10-13-17(16)23(14-4-2)20(18)25/h9-10,12-13H,3-8,11,14-15H2,1-2H3. The van der Waals surface area contributed by atoms with Crippen LogP contribution in [0.5, 0.6) is 0 Å². The first-order chi connectivity index (χ1) is 13.6. The van der Waals surface area contributed by atoms with E-state index in [1.54, 1.807) is 9.80 Å². The fourth-order valence-corrected chi connectivity index (χ4v) is 5.12. The number of nitrogens with zero attached hydrogens (tertiary/aromatic N) is 2. The quantitative estimate of drug-likeness (QED) is 0.308. The minimum absolute atomic E-state index is 0.0804. The largest absolute Gasteiger partial charge is 0.308 e. The summed E-state index contributed by atoms with van der Waals surface area (Å²) in [6.07, 6.45) is 7.86. The van der Waals surface area contributed by atoms with Gasteiger partial charge in [0.25, 0.3) is 11.8 Å². The monoisotopic (exact) mass is 416 g/mol. The zero-order valence-electron chi connectivity index (χ0n) is 16.7. The third kappa shape index (κ3) is 4.18. The molecule has 0 aliphatic carbocycles. The molecule has 0 saturated carbocycles. The van der Waals surface area contributed by atoms with E-state index in [0.717, 1.165) is 30.5 Å². The molecule has 150 valence electrons. The van der Waals surface area contributed by atoms with Gasteiger partial charge >= 0.3 is 0 Å². The molecular formula is C22H28N2O2S2. The predicted octanol–water partition coefficient (Wildman–Crippen LogP) is 5.38. The highest BCUT2D eigenvalue weighted by Crippen LogP contribution is 2.44. The van der Waals surface area contributed by atoms with E-state index in [9.17, 15) is 9.59 Å². The van der Waals surface area contributed by atoms with Gasteiger partial charge in [-0.05, 0) is 18.9 Å². The molecule has 1 aromatic carbocycles. The molecule has 4 nitrogen and oxygen atoms in total. The summed E-state index contributed by atoms with van der Waals surface area (Å²) in [4.78, 5) is 30.1. The van der Waals surface area contributed by atoms with Crippen LogP contribution in [0.1, 0.15) is 64.4 Å². The number of hydrogen-bond acceptors (Lipinski definition) is 4. The molecule has 0 unspecified atom stereocenters. The first-order valence-corrected chi connectivity index (χ1v) is 11.5. The molecule has 0 bridgehead atoms. The van der Waals surface area contributed by atoms with Gasteiger partial charge in [-0.25, -0.2) is 0 Å². The molecule has 1 fully saturated rings. The van der Waals surface area contributed by atoms with Gasteiger partial charge in [-0.2, -0.15) is 0 Å². The number of anilines is 1. The van der Waals surface area contributed by atoms with Crippen LogP contribution in [0.2, 0.25) is 0 Å². The smallest absolute Gasteiger partial charge is 0.267 e. The predicted molar refractivity (Wildman–Crippen MR) is 121 cm³/mol. The maximum absolute atomic E-state index is 13.1. The fourth-order valence-electron chi connectivity index (χ4n) is 3.74. The Labute approximate surface area is 177 Å². The van der Waals surface area contributed by atoms with Gasteiger partial charge in [-0.1, -0.05) is 88.1 Å². The molecule has 0 spiro atoms. The molecule has 1 saturated heterocycles. The summed E-state index contributed by atoms with van der Waals surface area (Å²) in [5.74, 6) is -0.192. The molecule has 0 N–H and O–H groups in total. The van der Waals surface area contributed by atoms with E-state index in [2.05, 4.69) is 6.92 Å². The zero-order chi connectivity index (χ0) is 20.1. The van der Waals surface area contributed by atoms with Crippen molar-refractivity contribution >= 4 is 51.4 Å². The Hall–Kier alpha value is -1.66. The van der Waals surface area contributed by atoms with Crippen LogP contribution in [0.25, 0.3) is 5.57 Å². The Kier molecular flexibility index (Phi) is 7.30. The maximum atomic E-state index is 13.1. The lowest BCUT2D eigenvalue weighted by atomic mass is 10.1. The van der Waals surface area contributed by atoms with E-state index in [1.807, 2.05) is 31.2 Å². The van der Waals surface area contributed by atoms with Crippen LogP contribution in [0.4, 0.5) is 5.69 Å². The van der Waals surface area contributed by atoms with Crippen LogP contribution in [0.15, 0.2) is 29.2 Å². The second-order valence-corrected chi connectivity index (χ2v) is 8.91. The topological polar surface area (TPSA) is 40.6 Å². The molecule has 28 heavy (non-hydrogen) atoms. The molecular weight excluding hydrogens is 388 g/mol. The van der Waals surface area contributed by atoms with Crippen molar-refractivity contribution in [2.45, 2.75) is 58.8 Å². The maximum Gasteiger partial charge on any atom is 0.267 e. The lowest BCUT2D eigenvalue weighted by molar-refractivity contribution is -0.122. The molecule has 2 aliphatic heterocycles. The van der Waals surface area contributed by atoms with Gasteiger partial charge in [0.15, 0.2) is 0 Å². The fraction of sp³-hybridized carbons (Fsp3) is 0.500. The van der Waals surface area contributed by atoms with Crippen molar-refractivity contribution in [3.05, 3.63) is 34.7 Å². The number of unbranched alkanes of at least 4 members (excludes halogenated alkanes) is 5. The highest BCUT2D eigenvalue weighted by molar-refractivity contribution is 8.26. The van der Waals surface area contributed by atoms with Crippen molar-refractivity contribution in [3.8, 4) is 0 Å². The summed E-state index contributed by atoms with van der Waals surface area (Å²) < 4.78 is 0.570. The third-order valence-electron chi connectivity index (χ3n) is 5.18. The number of para-hydroxylation sites is 1. The van der Waals surface area contributed by atoms with Gasteiger partial charge in [-0.3, -0.25) is 14.5 Å². The molecule has 0 radical (unpaired) electrons. The summed E-state index contributed by atoms with van der Waals surface area (Å²) >= 11 is 6.75. The van der Waals surface area contributed by atoms with Crippen LogP contribution >= 0.6 is 24.0 Å². The number of amides is 2. The molecule has 2 aliphatic rings. The Morgan fingerprint density at radius 1 is 0.857 bits per heavy atom. The Balaban J connectivity index is 1.78. The summed E-state index contributed by atoms with van der Waals surface area (Å²) in [5.41, 5.74) is 2.26. The number of carbonyl (C=O) groups is 2. The number of thioether (sulfide) groups is 1. The highest BCUT2D eigenvalue weighted by Gasteiger charge is 2.41. The number of carbonyl (C=O) groups excluding carboxylic acids is 2. The molecule has 3 rings (SSSR count). The number of benzene rings is 1. The van der Waals surface area contributed by atoms with E-state index in [-0.39, 0.29) is 11.8 Å². The van der Waals surface area contributed by atoms with Gasteiger partial charge in [0, 0.05) is 18.7 Å². The van der Waals surface area contributed by atoms with Gasteiger partial charge < -0.3 is 4.90 Å². The van der Waals surface area contributed by atoms with Crippen LogP contribution in [-0.2, 0) is 9.59 Å². The van der Waals surface area contributed by atoms with E-state index < -0.39 is 0 Å².